The van der Waals surface area contributed by atoms with Gasteiger partial charge in [0.25, 0.3) is 11.5 Å². The molecule has 7 nitrogen and oxygen atoms in total. The Morgan fingerprint density at radius 2 is 1.79 bits per heavy atom. The van der Waals surface area contributed by atoms with Gasteiger partial charge < -0.3 is 9.73 Å². The van der Waals surface area contributed by atoms with Crippen LogP contribution in [0, 0.1) is 6.92 Å². The lowest BCUT2D eigenvalue weighted by molar-refractivity contribution is 0.102. The maximum atomic E-state index is 12.9. The SMILES string of the molecule is Cc1c(NC(=O)c2ccc(-c3cnco3)cc2)c(=O)n(-c2ccccc2)n1C. The van der Waals surface area contributed by atoms with E-state index in [1.54, 1.807) is 49.1 Å². The molecule has 4 aromatic rings. The number of hydrogen-bond acceptors (Lipinski definition) is 4. The van der Waals surface area contributed by atoms with Gasteiger partial charge in [0.1, 0.15) is 5.69 Å². The molecule has 1 N–H and O–H groups in total. The Labute approximate surface area is 160 Å². The van der Waals surface area contributed by atoms with E-state index in [-0.39, 0.29) is 17.2 Å². The summed E-state index contributed by atoms with van der Waals surface area (Å²) in [5.74, 6) is 0.270. The lowest BCUT2D eigenvalue weighted by Gasteiger charge is -2.07. The van der Waals surface area contributed by atoms with Crippen LogP contribution in [0.1, 0.15) is 16.1 Å². The minimum Gasteiger partial charge on any atom is -0.444 e. The van der Waals surface area contributed by atoms with Crippen molar-refractivity contribution in [2.45, 2.75) is 6.92 Å². The van der Waals surface area contributed by atoms with E-state index in [0.717, 1.165) is 11.3 Å². The number of anilines is 1. The van der Waals surface area contributed by atoms with Crippen LogP contribution in [0.3, 0.4) is 0 Å². The Morgan fingerprint density at radius 1 is 1.07 bits per heavy atom. The standard InChI is InChI=1S/C21H18N4O3/c1-14-19(21(27)25(24(14)2)17-6-4-3-5-7-17)23-20(26)16-10-8-15(9-11-16)18-12-22-13-28-18/h3-13H,1-2H3,(H,23,26). The average Bonchev–Trinajstić information content (AvgIpc) is 3.33. The second kappa shape index (κ2) is 7.03. The van der Waals surface area contributed by atoms with Crippen LogP contribution in [-0.2, 0) is 7.05 Å². The number of nitrogens with zero attached hydrogens (tertiary/aromatic N) is 3. The third kappa shape index (κ3) is 3.03. The maximum Gasteiger partial charge on any atom is 0.295 e. The molecule has 0 unspecified atom stereocenters. The Balaban J connectivity index is 1.63. The number of hydrogen-bond donors (Lipinski definition) is 1. The summed E-state index contributed by atoms with van der Waals surface area (Å²) in [5, 5.41) is 2.75. The molecule has 140 valence electrons. The van der Waals surface area contributed by atoms with Gasteiger partial charge in [-0.3, -0.25) is 14.3 Å². The lowest BCUT2D eigenvalue weighted by Crippen LogP contribution is -2.22. The van der Waals surface area contributed by atoms with Crippen molar-refractivity contribution in [2.24, 2.45) is 7.05 Å². The molecule has 0 aliphatic heterocycles. The zero-order valence-electron chi connectivity index (χ0n) is 15.4. The van der Waals surface area contributed by atoms with Gasteiger partial charge in [-0.15, -0.1) is 0 Å². The van der Waals surface area contributed by atoms with Gasteiger partial charge in [-0.05, 0) is 31.2 Å². The van der Waals surface area contributed by atoms with Crippen molar-refractivity contribution in [3.8, 4) is 17.0 Å². The van der Waals surface area contributed by atoms with Crippen molar-refractivity contribution in [1.82, 2.24) is 14.3 Å². The molecule has 0 spiro atoms. The first-order valence-electron chi connectivity index (χ1n) is 8.70. The zero-order valence-corrected chi connectivity index (χ0v) is 15.4. The number of amides is 1. The fourth-order valence-corrected chi connectivity index (χ4v) is 3.04. The summed E-state index contributed by atoms with van der Waals surface area (Å²) in [4.78, 5) is 29.4. The number of benzene rings is 2. The zero-order chi connectivity index (χ0) is 19.7. The highest BCUT2D eigenvalue weighted by molar-refractivity contribution is 6.04. The Hall–Kier alpha value is -3.87. The van der Waals surface area contributed by atoms with Crippen molar-refractivity contribution >= 4 is 11.6 Å². The monoisotopic (exact) mass is 374 g/mol. The van der Waals surface area contributed by atoms with Crippen molar-refractivity contribution < 1.29 is 9.21 Å². The van der Waals surface area contributed by atoms with Gasteiger partial charge in [0.05, 0.1) is 17.6 Å². The molecular formula is C21H18N4O3. The normalized spacial score (nSPS) is 10.8. The molecule has 28 heavy (non-hydrogen) atoms. The number of nitrogens with one attached hydrogen (secondary N) is 1. The summed E-state index contributed by atoms with van der Waals surface area (Å²) in [6.45, 7) is 1.80. The van der Waals surface area contributed by atoms with Crippen molar-refractivity contribution in [3.05, 3.63) is 88.8 Å². The van der Waals surface area contributed by atoms with Gasteiger partial charge in [-0.1, -0.05) is 30.3 Å². The first-order chi connectivity index (χ1) is 13.6. The topological polar surface area (TPSA) is 82.1 Å². The molecule has 2 heterocycles. The van der Waals surface area contributed by atoms with Crippen molar-refractivity contribution in [2.75, 3.05) is 5.32 Å². The van der Waals surface area contributed by atoms with Crippen LogP contribution in [0.2, 0.25) is 0 Å². The number of para-hydroxylation sites is 1. The van der Waals surface area contributed by atoms with E-state index in [1.165, 1.54) is 11.1 Å². The van der Waals surface area contributed by atoms with Gasteiger partial charge in [-0.25, -0.2) is 9.67 Å². The average molecular weight is 374 g/mol. The van der Waals surface area contributed by atoms with Gasteiger partial charge in [0.2, 0.25) is 0 Å². The summed E-state index contributed by atoms with van der Waals surface area (Å²) in [6.07, 6.45) is 2.96. The lowest BCUT2D eigenvalue weighted by atomic mass is 10.1. The minimum atomic E-state index is -0.352. The highest BCUT2D eigenvalue weighted by Gasteiger charge is 2.18. The van der Waals surface area contributed by atoms with Crippen LogP contribution in [0.25, 0.3) is 17.0 Å². The third-order valence-corrected chi connectivity index (χ3v) is 4.66. The molecule has 0 aliphatic carbocycles. The van der Waals surface area contributed by atoms with E-state index >= 15 is 0 Å². The maximum absolute atomic E-state index is 12.9. The Bertz CT molecular complexity index is 1170. The van der Waals surface area contributed by atoms with Gasteiger partial charge >= 0.3 is 0 Å². The van der Waals surface area contributed by atoms with E-state index in [9.17, 15) is 9.59 Å². The first-order valence-corrected chi connectivity index (χ1v) is 8.70. The van der Waals surface area contributed by atoms with Crippen molar-refractivity contribution in [3.63, 3.8) is 0 Å². The molecule has 2 aromatic heterocycles. The second-order valence-corrected chi connectivity index (χ2v) is 6.33. The van der Waals surface area contributed by atoms with Gasteiger partial charge in [-0.2, -0.15) is 0 Å². The molecule has 0 saturated heterocycles. The number of carbonyl (C=O) groups is 1. The molecule has 0 fully saturated rings. The van der Waals surface area contributed by atoms with E-state index < -0.39 is 0 Å². The highest BCUT2D eigenvalue weighted by Crippen LogP contribution is 2.20. The Morgan fingerprint density at radius 3 is 2.43 bits per heavy atom. The number of oxazole rings is 1. The Kier molecular flexibility index (Phi) is 4.41. The van der Waals surface area contributed by atoms with Crippen molar-refractivity contribution in [1.29, 1.82) is 0 Å². The molecule has 0 radical (unpaired) electrons. The number of aromatic nitrogens is 3. The molecule has 0 aliphatic rings. The molecule has 4 rings (SSSR count). The summed E-state index contributed by atoms with van der Waals surface area (Å²) in [6, 6.07) is 16.2. The summed E-state index contributed by atoms with van der Waals surface area (Å²) < 4.78 is 8.49. The van der Waals surface area contributed by atoms with E-state index in [4.69, 9.17) is 4.42 Å². The number of carbonyl (C=O) groups excluding carboxylic acids is 1. The molecule has 0 saturated carbocycles. The van der Waals surface area contributed by atoms with Gasteiger partial charge in [0, 0.05) is 18.2 Å². The van der Waals surface area contributed by atoms with Crippen LogP contribution in [-0.4, -0.2) is 20.3 Å². The molecule has 1 amide bonds. The predicted octanol–water partition coefficient (Wildman–Crippen LogP) is 3.39. The van der Waals surface area contributed by atoms with Crippen LogP contribution < -0.4 is 10.9 Å². The first kappa shape index (κ1) is 17.5. The summed E-state index contributed by atoms with van der Waals surface area (Å²) >= 11 is 0. The second-order valence-electron chi connectivity index (χ2n) is 6.33. The highest BCUT2D eigenvalue weighted by atomic mass is 16.3. The van der Waals surface area contributed by atoms with Crippen LogP contribution >= 0.6 is 0 Å². The summed E-state index contributed by atoms with van der Waals surface area (Å²) in [5.41, 5.74) is 2.64. The quantitative estimate of drug-likeness (QED) is 0.594. The van der Waals surface area contributed by atoms with E-state index in [0.29, 0.717) is 17.0 Å². The molecule has 7 heteroatoms. The minimum absolute atomic E-state index is 0.260. The smallest absolute Gasteiger partial charge is 0.295 e. The van der Waals surface area contributed by atoms with E-state index in [2.05, 4.69) is 10.3 Å². The van der Waals surface area contributed by atoms with Crippen LogP contribution in [0.4, 0.5) is 5.69 Å². The third-order valence-electron chi connectivity index (χ3n) is 4.66. The van der Waals surface area contributed by atoms with Gasteiger partial charge in [0.15, 0.2) is 12.2 Å². The molecule has 2 aromatic carbocycles. The molecule has 0 bridgehead atoms. The van der Waals surface area contributed by atoms with Crippen LogP contribution in [0.5, 0.6) is 0 Å². The summed E-state index contributed by atoms with van der Waals surface area (Å²) in [7, 11) is 1.78. The fourth-order valence-electron chi connectivity index (χ4n) is 3.04. The predicted molar refractivity (Wildman–Crippen MR) is 106 cm³/mol. The molecule has 0 atom stereocenters. The fraction of sp³-hybridized carbons (Fsp3) is 0.0952. The van der Waals surface area contributed by atoms with E-state index in [1.807, 2.05) is 30.3 Å². The van der Waals surface area contributed by atoms with Crippen LogP contribution in [0.15, 0.2) is 76.4 Å². The molecular weight excluding hydrogens is 356 g/mol. The largest absolute Gasteiger partial charge is 0.444 e. The number of rotatable bonds is 4.